The minimum absolute atomic E-state index is 0.0960. The van der Waals surface area contributed by atoms with Crippen molar-refractivity contribution < 1.29 is 41.9 Å². The molecular weight excluding hydrogens is 600 g/mol. The molecule has 1 saturated heterocycles. The lowest BCUT2D eigenvalue weighted by molar-refractivity contribution is -0.156. The number of hydrogen-bond donors (Lipinski definition) is 2. The number of morpholine rings is 1. The fraction of sp³-hybridized carbons (Fsp3) is 0.636. The van der Waals surface area contributed by atoms with Crippen LogP contribution in [0.3, 0.4) is 0 Å². The second kappa shape index (κ2) is 15.2. The van der Waals surface area contributed by atoms with Crippen molar-refractivity contribution in [2.24, 2.45) is 5.41 Å². The molecular formula is C33H48N2O9S. The maximum atomic E-state index is 13.3. The summed E-state index contributed by atoms with van der Waals surface area (Å²) in [6, 6.07) is 3.56. The summed E-state index contributed by atoms with van der Waals surface area (Å²) in [6.45, 7) is 9.24. The number of hydrogen-bond acceptors (Lipinski definition) is 8. The number of allylic oxidation sites excluding steroid dienone is 4. The average Bonchev–Trinajstić information content (AvgIpc) is 3.34. The minimum atomic E-state index is -4.01. The zero-order valence-electron chi connectivity index (χ0n) is 26.9. The molecule has 2 N–H and O–H groups in total. The lowest BCUT2D eigenvalue weighted by Gasteiger charge is -2.31. The quantitative estimate of drug-likeness (QED) is 0.261. The van der Waals surface area contributed by atoms with Crippen molar-refractivity contribution >= 4 is 22.2 Å². The summed E-state index contributed by atoms with van der Waals surface area (Å²) in [5, 5.41) is 21.1. The molecule has 1 amide bonds. The first-order valence-corrected chi connectivity index (χ1v) is 17.3. The van der Waals surface area contributed by atoms with Gasteiger partial charge in [0.1, 0.15) is 5.75 Å². The topological polar surface area (TPSA) is 143 Å². The van der Waals surface area contributed by atoms with Gasteiger partial charge in [-0.2, -0.15) is 12.7 Å². The predicted octanol–water partition coefficient (Wildman–Crippen LogP) is 4.59. The number of fused-ring (bicyclic) bond motifs is 3. The van der Waals surface area contributed by atoms with Gasteiger partial charge in [-0.3, -0.25) is 9.59 Å². The van der Waals surface area contributed by atoms with E-state index in [1.54, 1.807) is 17.9 Å². The maximum absolute atomic E-state index is 13.3. The van der Waals surface area contributed by atoms with Crippen LogP contribution < -0.4 is 4.74 Å². The van der Waals surface area contributed by atoms with Crippen molar-refractivity contribution in [3.63, 3.8) is 0 Å². The van der Waals surface area contributed by atoms with Gasteiger partial charge in [0.05, 0.1) is 31.3 Å². The monoisotopic (exact) mass is 648 g/mol. The maximum Gasteiger partial charge on any atom is 0.341 e. The first-order chi connectivity index (χ1) is 21.4. The van der Waals surface area contributed by atoms with Gasteiger partial charge in [0.15, 0.2) is 0 Å². The Hall–Kier alpha value is -2.77. The van der Waals surface area contributed by atoms with E-state index < -0.39 is 34.1 Å². The van der Waals surface area contributed by atoms with Crippen LogP contribution >= 0.6 is 0 Å². The Bertz CT molecular complexity index is 1400. The highest BCUT2D eigenvalue weighted by Crippen LogP contribution is 2.39. The Morgan fingerprint density at radius 2 is 1.87 bits per heavy atom. The molecule has 0 bridgehead atoms. The van der Waals surface area contributed by atoms with Crippen LogP contribution in [0.4, 0.5) is 0 Å². The van der Waals surface area contributed by atoms with Crippen LogP contribution in [0.25, 0.3) is 0 Å². The lowest BCUT2D eigenvalue weighted by Crippen LogP contribution is -2.44. The molecule has 1 aromatic carbocycles. The molecule has 3 aliphatic rings. The number of rotatable bonds is 15. The summed E-state index contributed by atoms with van der Waals surface area (Å²) in [6.07, 6.45) is 6.74. The Balaban J connectivity index is 1.36. The molecule has 3 aliphatic heterocycles. The van der Waals surface area contributed by atoms with Crippen molar-refractivity contribution in [3.8, 4) is 5.75 Å². The van der Waals surface area contributed by atoms with Crippen LogP contribution in [0.5, 0.6) is 5.75 Å². The van der Waals surface area contributed by atoms with Crippen molar-refractivity contribution in [2.75, 3.05) is 32.8 Å². The number of carbonyl (C=O) groups is 2. The molecule has 4 rings (SSSR count). The van der Waals surface area contributed by atoms with Gasteiger partial charge in [-0.05, 0) is 77.3 Å². The van der Waals surface area contributed by atoms with Gasteiger partial charge < -0.3 is 24.6 Å². The van der Waals surface area contributed by atoms with Gasteiger partial charge in [-0.1, -0.05) is 36.3 Å². The van der Waals surface area contributed by atoms with E-state index >= 15 is 0 Å². The molecule has 3 unspecified atom stereocenters. The van der Waals surface area contributed by atoms with Crippen molar-refractivity contribution in [1.82, 2.24) is 9.21 Å². The zero-order chi connectivity index (χ0) is 32.8. The largest absolute Gasteiger partial charge is 0.481 e. The number of carboxylic acid groups (broad SMARTS) is 1. The third kappa shape index (κ3) is 8.53. The van der Waals surface area contributed by atoms with Crippen LogP contribution in [0.2, 0.25) is 0 Å². The Labute approximate surface area is 267 Å². The van der Waals surface area contributed by atoms with Gasteiger partial charge in [0.25, 0.3) is 5.91 Å². The molecule has 0 saturated carbocycles. The van der Waals surface area contributed by atoms with E-state index in [0.29, 0.717) is 49.4 Å². The number of aliphatic carboxylic acids is 1. The highest BCUT2D eigenvalue weighted by Gasteiger charge is 2.41. The van der Waals surface area contributed by atoms with Crippen LogP contribution in [0.15, 0.2) is 35.4 Å². The Kier molecular flexibility index (Phi) is 11.9. The van der Waals surface area contributed by atoms with Gasteiger partial charge in [0, 0.05) is 37.2 Å². The third-order valence-corrected chi connectivity index (χ3v) is 10.6. The summed E-state index contributed by atoms with van der Waals surface area (Å²) in [5.74, 6) is -0.856. The molecule has 12 heteroatoms. The summed E-state index contributed by atoms with van der Waals surface area (Å²) >= 11 is 0. The Morgan fingerprint density at radius 3 is 2.53 bits per heavy atom. The summed E-state index contributed by atoms with van der Waals surface area (Å²) in [7, 11) is -4.01. The van der Waals surface area contributed by atoms with Crippen LogP contribution in [0.1, 0.15) is 94.1 Å². The smallest absolute Gasteiger partial charge is 0.341 e. The van der Waals surface area contributed by atoms with Gasteiger partial charge in [0.2, 0.25) is 6.29 Å². The molecule has 1 aromatic rings. The van der Waals surface area contributed by atoms with E-state index in [-0.39, 0.29) is 44.9 Å². The molecule has 0 aliphatic carbocycles. The number of carboxylic acids is 1. The van der Waals surface area contributed by atoms with E-state index in [2.05, 4.69) is 26.0 Å². The third-order valence-electron chi connectivity index (χ3n) is 9.14. The van der Waals surface area contributed by atoms with Crippen LogP contribution in [-0.4, -0.2) is 85.0 Å². The normalized spacial score (nSPS) is 21.6. The van der Waals surface area contributed by atoms with E-state index in [0.717, 1.165) is 24.8 Å². The summed E-state index contributed by atoms with van der Waals surface area (Å²) < 4.78 is 43.5. The van der Waals surface area contributed by atoms with Gasteiger partial charge >= 0.3 is 16.3 Å². The van der Waals surface area contributed by atoms with E-state index in [1.807, 2.05) is 13.0 Å². The number of aliphatic hydroxyl groups excluding tert-OH is 1. The van der Waals surface area contributed by atoms with E-state index in [1.165, 1.54) is 15.5 Å². The van der Waals surface area contributed by atoms with Crippen LogP contribution in [0, 0.1) is 5.41 Å². The molecule has 3 heterocycles. The van der Waals surface area contributed by atoms with Crippen molar-refractivity contribution in [3.05, 3.63) is 52.1 Å². The van der Waals surface area contributed by atoms with Crippen LogP contribution in [-0.2, 0) is 37.0 Å². The number of ether oxygens (including phenoxy) is 2. The minimum Gasteiger partial charge on any atom is -0.481 e. The number of amides is 1. The lowest BCUT2D eigenvalue weighted by atomic mass is 9.78. The number of nitrogens with zero attached hydrogens (tertiary/aromatic N) is 2. The second-order valence-electron chi connectivity index (χ2n) is 12.5. The van der Waals surface area contributed by atoms with Crippen molar-refractivity contribution in [1.29, 1.82) is 0 Å². The fourth-order valence-electron chi connectivity index (χ4n) is 6.07. The van der Waals surface area contributed by atoms with Crippen molar-refractivity contribution in [2.45, 2.75) is 98.0 Å². The number of carbonyl (C=O) groups excluding carboxylic acids is 1. The Morgan fingerprint density at radius 1 is 1.18 bits per heavy atom. The molecule has 45 heavy (non-hydrogen) atoms. The highest BCUT2D eigenvalue weighted by atomic mass is 32.2. The highest BCUT2D eigenvalue weighted by molar-refractivity contribution is 7.84. The molecule has 0 radical (unpaired) electrons. The average molecular weight is 649 g/mol. The molecule has 3 atom stereocenters. The molecule has 0 aromatic heterocycles. The van der Waals surface area contributed by atoms with E-state index in [9.17, 15) is 28.2 Å². The number of aryl methyl sites for hydroxylation is 1. The predicted molar refractivity (Wildman–Crippen MR) is 169 cm³/mol. The number of benzene rings is 1. The first kappa shape index (κ1) is 35.1. The summed E-state index contributed by atoms with van der Waals surface area (Å²) in [5.41, 5.74) is 3.12. The zero-order valence-corrected chi connectivity index (χ0v) is 27.7. The second-order valence-corrected chi connectivity index (χ2v) is 14.1. The first-order valence-electron chi connectivity index (χ1n) is 15.9. The molecule has 250 valence electrons. The number of aliphatic hydroxyl groups is 1. The standard InChI is InChI=1S/C33H48N2O9S/c1-5-7-23(2)9-10-24(3)8-6-16-33(4,32(38)39)28(36)15-17-34-22-27-26(31(34)37)13-11-25-12-14-29(43-30(25)27)44-45(40,41)35-18-20-42-21-19-35/h7-8,11,13,28-29,36H,5-6,9-10,12,14-22H2,1-4H3,(H,38,39)/b23-7?,24-8+. The van der Waals surface area contributed by atoms with Gasteiger partial charge in [-0.25, -0.2) is 4.18 Å². The van der Waals surface area contributed by atoms with Gasteiger partial charge in [-0.15, -0.1) is 0 Å². The van der Waals surface area contributed by atoms with E-state index in [4.69, 9.17) is 13.7 Å². The molecule has 0 spiro atoms. The fourth-order valence-corrected chi connectivity index (χ4v) is 7.19. The molecule has 11 nitrogen and oxygen atoms in total. The summed E-state index contributed by atoms with van der Waals surface area (Å²) in [4.78, 5) is 27.2. The SMILES string of the molecule is CCC=C(C)CC/C(C)=C/CCC(C)(C(=O)O)C(O)CCN1Cc2c(ccc3c2OC(OS(=O)(=O)N2CCOCC2)CC3)C1=O. The molecule has 1 fully saturated rings.